The first kappa shape index (κ1) is 92.1. The molecule has 1 aliphatic carbocycles. The summed E-state index contributed by atoms with van der Waals surface area (Å²) in [6, 6.07) is 35.8. The molecule has 32 heteroatoms. The number of rotatable bonds is 44. The summed E-state index contributed by atoms with van der Waals surface area (Å²) in [4.78, 5) is 49.3. The van der Waals surface area contributed by atoms with Gasteiger partial charge in [0.25, 0.3) is 36.3 Å². The van der Waals surface area contributed by atoms with Gasteiger partial charge in [-0.05, 0) is 196 Å². The molecule has 9 aromatic rings. The fraction of sp³-hybridized carbons (Fsp3) is 0.435. The van der Waals surface area contributed by atoms with Gasteiger partial charge in [-0.2, -0.15) is 29.8 Å². The number of halogens is 1. The summed E-state index contributed by atoms with van der Waals surface area (Å²) in [6.45, 7) is 15.7. The van der Waals surface area contributed by atoms with Gasteiger partial charge in [0.1, 0.15) is 36.0 Å². The van der Waals surface area contributed by atoms with Crippen LogP contribution < -0.4 is 19.3 Å². The molecule has 0 fully saturated rings. The SMILES string of the molecule is Cc1ccc2c3c(ccc2c1)[N+](CCCCS(=O)(=O)O)=C(/C=C/C1=C(CCCCC(=O)Oc2cc4c(c5ccccc25)[C@H](CCl)CN4C(=O)c2cc4cc(OCCN(C)C)ccc4[nH]2)C(=C/C=C2/N(CCCCS(=O)(=O)O)c4ccc5cc(S(=O)(=O)O)ccc5c4C2(C)C)/CC(OCc2cn(CCOCCOCCOCCOCCC(=O)O)nn2)C1)C3(C)C. The molecule has 7 aromatic carbocycles. The number of carboxylic acids is 1. The van der Waals surface area contributed by atoms with Crippen LogP contribution in [0.15, 0.2) is 173 Å². The van der Waals surface area contributed by atoms with E-state index in [4.69, 9.17) is 49.9 Å². The van der Waals surface area contributed by atoms with E-state index in [1.54, 1.807) is 27.8 Å². The second-order valence-electron chi connectivity index (χ2n) is 33.3. The van der Waals surface area contributed by atoms with Crippen LogP contribution in [0.5, 0.6) is 11.5 Å². The van der Waals surface area contributed by atoms with E-state index in [-0.39, 0.29) is 68.1 Å². The second kappa shape index (κ2) is 40.4. The van der Waals surface area contributed by atoms with Gasteiger partial charge in [-0.25, -0.2) is 4.68 Å². The average Bonchev–Trinajstić information content (AvgIpc) is 1.58. The summed E-state index contributed by atoms with van der Waals surface area (Å²) in [7, 11) is -9.17. The standard InChI is InChI=1S/C92H109ClN8O20S3/c1-61-20-27-73-62(50-61)21-30-79-88(73)91(2,3)83(99(79)35-12-14-48-122(106,107)108)32-23-63-51-70(120-60-68-59-98(96-95-68)38-40-116-43-45-118-47-46-117-44-42-115-39-34-85(102)103)52-64(24-33-84-92(4,5)89-74-28-26-71(124(112,113)114)54-65(74)22-31-80(89)100(84)36-13-15-49-123(109,110)111)72(63)16-10-11-19-86(104)121-82-56-81-87(76-18-9-8-17-75(76)82)67(57-93)58-101(81)90(105)78-55-66-53-69(25-29-77(66)94-78)119-41-37-97(6)7/h8-9,17-18,20-33,50,53-56,59,67,70H,10-16,19,34-49,51-52,57-58,60H2,1-7H3,(H4-,94,102,103,105,106,107,108,109,110,111,112,113,114)/p+1/t67-,70?/m1/s1. The fourth-order valence-corrected chi connectivity index (χ4v) is 19.3. The summed E-state index contributed by atoms with van der Waals surface area (Å²) in [5.41, 5.74) is 11.2. The number of hydrogen-bond acceptors (Lipinski definition) is 20. The molecule has 0 radical (unpaired) electrons. The Labute approximate surface area is 728 Å². The molecule has 2 atom stereocenters. The smallest absolute Gasteiger partial charge is 0.311 e. The molecule has 124 heavy (non-hydrogen) atoms. The number of carbonyl (C=O) groups excluding carboxylic acids is 2. The zero-order valence-electron chi connectivity index (χ0n) is 71.1. The van der Waals surface area contributed by atoms with Crippen molar-refractivity contribution in [2.75, 3.05) is 127 Å². The average molecular weight is 1780 g/mol. The highest BCUT2D eigenvalue weighted by molar-refractivity contribution is 7.86. The van der Waals surface area contributed by atoms with Crippen molar-refractivity contribution < 1.29 is 96.1 Å². The summed E-state index contributed by atoms with van der Waals surface area (Å²) >= 11 is 6.78. The van der Waals surface area contributed by atoms with Gasteiger partial charge in [-0.3, -0.25) is 28.0 Å². The number of nitrogens with one attached hydrogen (secondary N) is 1. The minimum Gasteiger partial charge on any atom is -0.492 e. The number of aromatic nitrogens is 4. The molecule has 0 saturated heterocycles. The molecule has 0 bridgehead atoms. The van der Waals surface area contributed by atoms with E-state index in [0.29, 0.717) is 157 Å². The number of aliphatic carboxylic acids is 1. The quantitative estimate of drug-likeness (QED) is 0.00591. The van der Waals surface area contributed by atoms with Crippen LogP contribution in [0.25, 0.3) is 43.2 Å². The van der Waals surface area contributed by atoms with E-state index in [1.807, 2.05) is 79.8 Å². The molecule has 1 amide bonds. The maximum atomic E-state index is 14.9. The van der Waals surface area contributed by atoms with Crippen LogP contribution in [0.4, 0.5) is 17.1 Å². The van der Waals surface area contributed by atoms with Crippen molar-refractivity contribution in [2.45, 2.75) is 146 Å². The number of hydrogen-bond donors (Lipinski definition) is 5. The number of anilines is 2. The molecule has 0 spiro atoms. The number of alkyl halides is 1. The lowest BCUT2D eigenvalue weighted by atomic mass is 9.78. The van der Waals surface area contributed by atoms with E-state index >= 15 is 0 Å². The van der Waals surface area contributed by atoms with Gasteiger partial charge < -0.3 is 57.9 Å². The maximum Gasteiger partial charge on any atom is 0.311 e. The van der Waals surface area contributed by atoms with Gasteiger partial charge >= 0.3 is 11.9 Å². The maximum absolute atomic E-state index is 14.9. The first-order valence-electron chi connectivity index (χ1n) is 42.0. The second-order valence-corrected chi connectivity index (χ2v) is 38.2. The predicted molar refractivity (Wildman–Crippen MR) is 478 cm³/mol. The molecule has 0 saturated carbocycles. The molecule has 5 N–H and O–H groups in total. The molecule has 662 valence electrons. The third kappa shape index (κ3) is 22.6. The number of unbranched alkanes of at least 4 members (excludes halogenated alkanes) is 3. The Kier molecular flexibility index (Phi) is 30.0. The number of nitrogens with zero attached hydrogens (tertiary/aromatic N) is 7. The van der Waals surface area contributed by atoms with Gasteiger partial charge in [-0.1, -0.05) is 91.4 Å². The number of aromatic amines is 1. The molecule has 28 nitrogen and oxygen atoms in total. The highest BCUT2D eigenvalue weighted by atomic mass is 35.5. The zero-order valence-corrected chi connectivity index (χ0v) is 74.3. The number of likely N-dealkylation sites (N-methyl/N-ethyl adjacent to an activating group) is 1. The Morgan fingerprint density at radius 1 is 0.669 bits per heavy atom. The number of esters is 1. The number of ether oxygens (including phenoxy) is 7. The lowest BCUT2D eigenvalue weighted by Gasteiger charge is -2.30. The van der Waals surface area contributed by atoms with E-state index in [0.717, 1.165) is 101 Å². The molecular formula is C92H110ClN8O20S3+. The van der Waals surface area contributed by atoms with Gasteiger partial charge in [0.2, 0.25) is 5.69 Å². The van der Waals surface area contributed by atoms with Crippen molar-refractivity contribution in [3.05, 3.63) is 202 Å². The zero-order chi connectivity index (χ0) is 88.3. The molecule has 4 aliphatic rings. The van der Waals surface area contributed by atoms with Gasteiger partial charge in [-0.15, -0.1) is 16.7 Å². The summed E-state index contributed by atoms with van der Waals surface area (Å²) in [5.74, 6) is -1.55. The largest absolute Gasteiger partial charge is 0.492 e. The third-order valence-corrected chi connectivity index (χ3v) is 26.1. The Morgan fingerprint density at radius 3 is 2.08 bits per heavy atom. The number of allylic oxidation sites excluding steroid dienone is 6. The highest BCUT2D eigenvalue weighted by Gasteiger charge is 2.47. The third-order valence-electron chi connectivity index (χ3n) is 23.3. The lowest BCUT2D eigenvalue weighted by molar-refractivity contribution is -0.438. The number of aryl methyl sites for hydroxylation is 1. The van der Waals surface area contributed by atoms with E-state index in [2.05, 4.69) is 114 Å². The normalized spacial score (nSPS) is 17.2. The fourth-order valence-electron chi connectivity index (χ4n) is 17.4. The van der Waals surface area contributed by atoms with Crippen LogP contribution in [0.1, 0.15) is 143 Å². The molecule has 2 aromatic heterocycles. The van der Waals surface area contributed by atoms with Crippen LogP contribution in [0, 0.1) is 6.92 Å². The van der Waals surface area contributed by atoms with Crippen molar-refractivity contribution >= 4 is 126 Å². The van der Waals surface area contributed by atoms with Crippen molar-refractivity contribution in [2.24, 2.45) is 0 Å². The molecule has 5 heterocycles. The Morgan fingerprint density at radius 2 is 1.36 bits per heavy atom. The lowest BCUT2D eigenvalue weighted by Crippen LogP contribution is -2.30. The molecular weight excluding hydrogens is 1670 g/mol. The Hall–Kier alpha value is -9.58. The van der Waals surface area contributed by atoms with Crippen molar-refractivity contribution in [3.8, 4) is 11.5 Å². The first-order chi connectivity index (χ1) is 59.2. The predicted octanol–water partition coefficient (Wildman–Crippen LogP) is 15.0. The Bertz CT molecular complexity index is 5990. The molecule has 13 rings (SSSR count). The van der Waals surface area contributed by atoms with Gasteiger partial charge in [0, 0.05) is 101 Å². The topological polar surface area (TPSA) is 358 Å². The number of benzene rings is 7. The minimum atomic E-state index is -4.58. The summed E-state index contributed by atoms with van der Waals surface area (Å²) in [5, 5.41) is 23.5. The number of amides is 1. The van der Waals surface area contributed by atoms with Gasteiger partial charge in [0.05, 0.1) is 112 Å². The number of fused-ring (bicyclic) bond motifs is 10. The minimum absolute atomic E-state index is 0.0142. The molecule has 3 aliphatic heterocycles. The van der Waals surface area contributed by atoms with E-state index in [9.17, 15) is 53.3 Å². The van der Waals surface area contributed by atoms with Crippen molar-refractivity contribution in [1.82, 2.24) is 24.9 Å². The first-order valence-corrected chi connectivity index (χ1v) is 47.2. The van der Waals surface area contributed by atoms with E-state index < -0.39 is 70.7 Å². The summed E-state index contributed by atoms with van der Waals surface area (Å²) < 4.78 is 150. The monoisotopic (exact) mass is 1780 g/mol. The number of carboxylic acid groups (broad SMARTS) is 1. The number of carbonyl (C=O) groups is 3. The molecule has 1 unspecified atom stereocenters. The van der Waals surface area contributed by atoms with Crippen LogP contribution >= 0.6 is 11.6 Å². The number of H-pyrrole nitrogens is 1. The van der Waals surface area contributed by atoms with E-state index in [1.165, 1.54) is 12.1 Å². The van der Waals surface area contributed by atoms with Crippen LogP contribution in [0.3, 0.4) is 0 Å². The van der Waals surface area contributed by atoms with Crippen LogP contribution in [-0.2, 0) is 87.6 Å². The van der Waals surface area contributed by atoms with Crippen molar-refractivity contribution in [1.29, 1.82) is 0 Å². The summed E-state index contributed by atoms with van der Waals surface area (Å²) in [6.07, 6.45) is 13.1. The van der Waals surface area contributed by atoms with Crippen LogP contribution in [0.2, 0.25) is 0 Å². The highest BCUT2D eigenvalue weighted by Crippen LogP contribution is 2.53. The van der Waals surface area contributed by atoms with Crippen LogP contribution in [-0.4, -0.2) is 220 Å². The van der Waals surface area contributed by atoms with Crippen molar-refractivity contribution in [3.63, 3.8) is 0 Å². The van der Waals surface area contributed by atoms with Gasteiger partial charge in [0.15, 0.2) is 5.71 Å². The Balaban J connectivity index is 0.836.